The van der Waals surface area contributed by atoms with Crippen LogP contribution in [0.15, 0.2) is 24.9 Å². The third-order valence-corrected chi connectivity index (χ3v) is 4.07. The van der Waals surface area contributed by atoms with Crippen LogP contribution in [0.2, 0.25) is 0 Å². The van der Waals surface area contributed by atoms with Gasteiger partial charge in [0.05, 0.1) is 0 Å². The van der Waals surface area contributed by atoms with E-state index in [0.717, 1.165) is 44.0 Å². The zero-order chi connectivity index (χ0) is 16.7. The quantitative estimate of drug-likeness (QED) is 0.646. The molecule has 0 aromatic carbocycles. The van der Waals surface area contributed by atoms with Crippen LogP contribution in [-0.4, -0.2) is 53.1 Å². The van der Waals surface area contributed by atoms with Gasteiger partial charge < -0.3 is 15.1 Å². The van der Waals surface area contributed by atoms with Gasteiger partial charge in [0.25, 0.3) is 0 Å². The number of rotatable bonds is 6. The first-order chi connectivity index (χ1) is 11.1. The van der Waals surface area contributed by atoms with Gasteiger partial charge in [0, 0.05) is 38.4 Å². The summed E-state index contributed by atoms with van der Waals surface area (Å²) in [5.41, 5.74) is 0. The van der Waals surface area contributed by atoms with Crippen LogP contribution in [0.25, 0.3) is 0 Å². The molecule has 0 radical (unpaired) electrons. The molecule has 0 unspecified atom stereocenters. The van der Waals surface area contributed by atoms with Crippen LogP contribution in [0.4, 0.5) is 10.6 Å². The molecule has 1 saturated heterocycles. The molecule has 0 aliphatic carbocycles. The van der Waals surface area contributed by atoms with Crippen molar-refractivity contribution in [3.63, 3.8) is 0 Å². The van der Waals surface area contributed by atoms with Gasteiger partial charge >= 0.3 is 6.03 Å². The predicted molar refractivity (Wildman–Crippen MR) is 92.6 cm³/mol. The van der Waals surface area contributed by atoms with Gasteiger partial charge in [-0.15, -0.1) is 6.58 Å². The van der Waals surface area contributed by atoms with Gasteiger partial charge in [-0.3, -0.25) is 0 Å². The Morgan fingerprint density at radius 3 is 2.83 bits per heavy atom. The lowest BCUT2D eigenvalue weighted by atomic mass is 10.1. The van der Waals surface area contributed by atoms with Crippen molar-refractivity contribution < 1.29 is 4.79 Å². The van der Waals surface area contributed by atoms with Gasteiger partial charge in [0.15, 0.2) is 0 Å². The third kappa shape index (κ3) is 5.23. The molecule has 2 amide bonds. The third-order valence-electron chi connectivity index (χ3n) is 4.07. The number of nitrogens with zero attached hydrogens (tertiary/aromatic N) is 4. The summed E-state index contributed by atoms with van der Waals surface area (Å²) in [5, 5.41) is 3.08. The second-order valence-corrected chi connectivity index (χ2v) is 6.01. The van der Waals surface area contributed by atoms with Gasteiger partial charge in [-0.25, -0.2) is 14.8 Å². The highest BCUT2D eigenvalue weighted by atomic mass is 16.2. The first-order valence-corrected chi connectivity index (χ1v) is 8.31. The van der Waals surface area contributed by atoms with Gasteiger partial charge in [-0.2, -0.15) is 0 Å². The summed E-state index contributed by atoms with van der Waals surface area (Å²) in [6.45, 7) is 10.7. The number of carbonyl (C=O) groups is 1. The Kier molecular flexibility index (Phi) is 6.38. The molecule has 23 heavy (non-hydrogen) atoms. The van der Waals surface area contributed by atoms with Crippen LogP contribution in [0.3, 0.4) is 0 Å². The maximum Gasteiger partial charge on any atom is 0.317 e. The summed E-state index contributed by atoms with van der Waals surface area (Å²) in [5.74, 6) is 1.71. The highest BCUT2D eigenvalue weighted by Crippen LogP contribution is 2.13. The molecule has 0 saturated carbocycles. The lowest BCUT2D eigenvalue weighted by Crippen LogP contribution is -2.53. The Morgan fingerprint density at radius 2 is 2.17 bits per heavy atom. The number of urea groups is 1. The van der Waals surface area contributed by atoms with Crippen molar-refractivity contribution in [3.8, 4) is 0 Å². The second kappa shape index (κ2) is 8.50. The molecule has 1 aromatic heterocycles. The zero-order valence-corrected chi connectivity index (χ0v) is 14.2. The van der Waals surface area contributed by atoms with Crippen molar-refractivity contribution >= 4 is 11.8 Å². The van der Waals surface area contributed by atoms with E-state index in [1.165, 1.54) is 0 Å². The molecule has 6 heteroatoms. The predicted octanol–water partition coefficient (Wildman–Crippen LogP) is 2.36. The Bertz CT molecular complexity index is 525. The van der Waals surface area contributed by atoms with Crippen LogP contribution in [0, 0.1) is 6.92 Å². The normalized spacial score (nSPS) is 16.1. The molecule has 1 aromatic rings. The van der Waals surface area contributed by atoms with Gasteiger partial charge in [-0.05, 0) is 39.2 Å². The summed E-state index contributed by atoms with van der Waals surface area (Å²) < 4.78 is 0. The fourth-order valence-electron chi connectivity index (χ4n) is 2.70. The molecule has 2 heterocycles. The number of aromatic nitrogens is 2. The van der Waals surface area contributed by atoms with Crippen molar-refractivity contribution in [2.24, 2.45) is 0 Å². The van der Waals surface area contributed by atoms with Crippen LogP contribution in [0.5, 0.6) is 0 Å². The van der Waals surface area contributed by atoms with Crippen LogP contribution in [0.1, 0.15) is 32.0 Å². The molecule has 1 aliphatic heterocycles. The van der Waals surface area contributed by atoms with Gasteiger partial charge in [0.1, 0.15) is 11.6 Å². The number of unbranched alkanes of at least 4 members (excludes halogenated alkanes) is 1. The SMILES string of the molecule is C=CCCC[C@H](C)NC(=O)N1CCN(c2ccnc(C)n2)CC1. The second-order valence-electron chi connectivity index (χ2n) is 6.01. The zero-order valence-electron chi connectivity index (χ0n) is 14.2. The van der Waals surface area contributed by atoms with E-state index in [1.807, 2.05) is 24.0 Å². The molecular formula is C17H27N5O. The maximum absolute atomic E-state index is 12.3. The first kappa shape index (κ1) is 17.2. The van der Waals surface area contributed by atoms with Gasteiger partial charge in [0.2, 0.25) is 0 Å². The molecular weight excluding hydrogens is 290 g/mol. The van der Waals surface area contributed by atoms with Gasteiger partial charge in [-0.1, -0.05) is 6.08 Å². The molecule has 126 valence electrons. The minimum Gasteiger partial charge on any atom is -0.353 e. The van der Waals surface area contributed by atoms with E-state index in [1.54, 1.807) is 6.20 Å². The number of piperazine rings is 1. The number of allylic oxidation sites excluding steroid dienone is 1. The summed E-state index contributed by atoms with van der Waals surface area (Å²) in [7, 11) is 0. The smallest absolute Gasteiger partial charge is 0.317 e. The van der Waals surface area contributed by atoms with E-state index >= 15 is 0 Å². The van der Waals surface area contributed by atoms with Crippen molar-refractivity contribution in [2.45, 2.75) is 39.2 Å². The Labute approximate surface area is 138 Å². The monoisotopic (exact) mass is 317 g/mol. The van der Waals surface area contributed by atoms with E-state index in [2.05, 4.69) is 33.7 Å². The standard InChI is InChI=1S/C17H27N5O/c1-4-5-6-7-14(2)19-17(23)22-12-10-21(11-13-22)16-8-9-18-15(3)20-16/h4,8-9,14H,1,5-7,10-13H2,2-3H3,(H,19,23)/t14-/m0/s1. The summed E-state index contributed by atoms with van der Waals surface area (Å²) in [6.07, 6.45) is 6.74. The molecule has 1 aliphatic rings. The molecule has 2 rings (SSSR count). The highest BCUT2D eigenvalue weighted by molar-refractivity contribution is 5.74. The van der Waals surface area contributed by atoms with Crippen molar-refractivity contribution in [1.29, 1.82) is 0 Å². The van der Waals surface area contributed by atoms with Crippen molar-refractivity contribution in [3.05, 3.63) is 30.7 Å². The van der Waals surface area contributed by atoms with E-state index < -0.39 is 0 Å². The number of nitrogens with one attached hydrogen (secondary N) is 1. The molecule has 1 fully saturated rings. The maximum atomic E-state index is 12.3. The van der Waals surface area contributed by atoms with Crippen molar-refractivity contribution in [1.82, 2.24) is 20.2 Å². The minimum atomic E-state index is 0.0367. The number of hydrogen-bond donors (Lipinski definition) is 1. The van der Waals surface area contributed by atoms with Crippen molar-refractivity contribution in [2.75, 3.05) is 31.1 Å². The highest BCUT2D eigenvalue weighted by Gasteiger charge is 2.22. The fourth-order valence-corrected chi connectivity index (χ4v) is 2.70. The Morgan fingerprint density at radius 1 is 1.43 bits per heavy atom. The van der Waals surface area contributed by atoms with Crippen LogP contribution < -0.4 is 10.2 Å². The molecule has 0 spiro atoms. The van der Waals surface area contributed by atoms with E-state index in [0.29, 0.717) is 13.1 Å². The fraction of sp³-hybridized carbons (Fsp3) is 0.588. The number of anilines is 1. The largest absolute Gasteiger partial charge is 0.353 e. The minimum absolute atomic E-state index is 0.0367. The Hall–Kier alpha value is -2.11. The van der Waals surface area contributed by atoms with E-state index in [9.17, 15) is 4.79 Å². The molecule has 1 N–H and O–H groups in total. The average Bonchev–Trinajstić information content (AvgIpc) is 2.55. The number of aryl methyl sites for hydroxylation is 1. The molecule has 0 bridgehead atoms. The van der Waals surface area contributed by atoms with Crippen LogP contribution in [-0.2, 0) is 0 Å². The number of amides is 2. The van der Waals surface area contributed by atoms with E-state index in [-0.39, 0.29) is 12.1 Å². The topological polar surface area (TPSA) is 61.4 Å². The van der Waals surface area contributed by atoms with E-state index in [4.69, 9.17) is 0 Å². The van der Waals surface area contributed by atoms with Crippen LogP contribution >= 0.6 is 0 Å². The lowest BCUT2D eigenvalue weighted by molar-refractivity contribution is 0.190. The number of hydrogen-bond acceptors (Lipinski definition) is 4. The average molecular weight is 317 g/mol. The molecule has 1 atom stereocenters. The Balaban J connectivity index is 1.77. The summed E-state index contributed by atoms with van der Waals surface area (Å²) in [6, 6.07) is 2.16. The number of carbonyl (C=O) groups excluding carboxylic acids is 1. The summed E-state index contributed by atoms with van der Waals surface area (Å²) in [4.78, 5) is 24.9. The first-order valence-electron chi connectivity index (χ1n) is 8.31. The molecule has 6 nitrogen and oxygen atoms in total. The summed E-state index contributed by atoms with van der Waals surface area (Å²) >= 11 is 0. The lowest BCUT2D eigenvalue weighted by Gasteiger charge is -2.36.